The molecule has 0 aliphatic rings. The fourth-order valence-electron chi connectivity index (χ4n) is 1.00. The molecule has 0 aliphatic heterocycles. The lowest BCUT2D eigenvalue weighted by molar-refractivity contribution is 0.186. The Balaban J connectivity index is 4.04. The molecule has 0 aromatic carbocycles. The molecule has 3 nitrogen and oxygen atoms in total. The van der Waals surface area contributed by atoms with Crippen molar-refractivity contribution in [2.75, 3.05) is 6.54 Å². The van der Waals surface area contributed by atoms with Crippen molar-refractivity contribution in [2.24, 2.45) is 0 Å². The van der Waals surface area contributed by atoms with Gasteiger partial charge in [0.05, 0.1) is 5.37 Å². The maximum atomic E-state index is 11.4. The van der Waals surface area contributed by atoms with E-state index in [-0.39, 0.29) is 17.4 Å². The molecular weight excluding hydrogens is 172 g/mol. The smallest absolute Gasteiger partial charge is 0.318 e. The molecule has 0 spiro atoms. The summed E-state index contributed by atoms with van der Waals surface area (Å²) in [4.78, 5) is 13.1. The lowest BCUT2D eigenvalue weighted by atomic mass is 10.3. The van der Waals surface area contributed by atoms with Crippen LogP contribution in [0.2, 0.25) is 0 Å². The summed E-state index contributed by atoms with van der Waals surface area (Å²) in [5.74, 6) is 0. The van der Waals surface area contributed by atoms with Crippen LogP contribution in [0.5, 0.6) is 0 Å². The first-order valence-electron chi connectivity index (χ1n) is 4.24. The fourth-order valence-corrected chi connectivity index (χ4v) is 1.12. The third-order valence-corrected chi connectivity index (χ3v) is 1.69. The van der Waals surface area contributed by atoms with E-state index in [1.807, 2.05) is 27.7 Å². The fraction of sp³-hybridized carbons (Fsp3) is 0.875. The molecule has 0 fully saturated rings. The zero-order chi connectivity index (χ0) is 9.72. The molecule has 0 aromatic rings. The SMILES string of the molecule is CCN(C(=O)NC(C)S)C(C)C. The van der Waals surface area contributed by atoms with Crippen LogP contribution < -0.4 is 5.32 Å². The molecule has 0 bridgehead atoms. The van der Waals surface area contributed by atoms with E-state index >= 15 is 0 Å². The predicted octanol–water partition coefficient (Wildman–Crippen LogP) is 1.70. The van der Waals surface area contributed by atoms with Crippen LogP contribution in [-0.4, -0.2) is 28.9 Å². The highest BCUT2D eigenvalue weighted by Crippen LogP contribution is 1.99. The third-order valence-electron chi connectivity index (χ3n) is 1.56. The summed E-state index contributed by atoms with van der Waals surface area (Å²) >= 11 is 4.08. The topological polar surface area (TPSA) is 32.3 Å². The molecule has 0 saturated carbocycles. The Morgan fingerprint density at radius 3 is 2.25 bits per heavy atom. The highest BCUT2D eigenvalue weighted by molar-refractivity contribution is 7.80. The largest absolute Gasteiger partial charge is 0.327 e. The molecule has 72 valence electrons. The Bertz CT molecular complexity index is 148. The number of carbonyl (C=O) groups excluding carboxylic acids is 1. The molecule has 0 radical (unpaired) electrons. The van der Waals surface area contributed by atoms with E-state index in [0.717, 1.165) is 6.54 Å². The summed E-state index contributed by atoms with van der Waals surface area (Å²) in [5.41, 5.74) is 0. The van der Waals surface area contributed by atoms with Gasteiger partial charge in [0.1, 0.15) is 0 Å². The van der Waals surface area contributed by atoms with E-state index in [1.165, 1.54) is 0 Å². The van der Waals surface area contributed by atoms with E-state index < -0.39 is 0 Å². The van der Waals surface area contributed by atoms with Gasteiger partial charge in [-0.05, 0) is 27.7 Å². The number of amides is 2. The second-order valence-electron chi connectivity index (χ2n) is 3.01. The van der Waals surface area contributed by atoms with E-state index in [2.05, 4.69) is 17.9 Å². The molecule has 12 heavy (non-hydrogen) atoms. The number of hydrogen-bond acceptors (Lipinski definition) is 2. The highest BCUT2D eigenvalue weighted by Gasteiger charge is 2.14. The minimum Gasteiger partial charge on any atom is -0.327 e. The summed E-state index contributed by atoms with van der Waals surface area (Å²) in [6.45, 7) is 8.50. The number of nitrogens with one attached hydrogen (secondary N) is 1. The van der Waals surface area contributed by atoms with Crippen LogP contribution in [0.4, 0.5) is 4.79 Å². The van der Waals surface area contributed by atoms with Gasteiger partial charge in [-0.2, -0.15) is 12.6 Å². The van der Waals surface area contributed by atoms with Gasteiger partial charge in [0, 0.05) is 12.6 Å². The quantitative estimate of drug-likeness (QED) is 0.515. The molecule has 4 heteroatoms. The molecule has 0 saturated heterocycles. The van der Waals surface area contributed by atoms with Crippen LogP contribution in [0, 0.1) is 0 Å². The zero-order valence-corrected chi connectivity index (χ0v) is 9.06. The average molecular weight is 190 g/mol. The molecule has 2 amide bonds. The van der Waals surface area contributed by atoms with Crippen molar-refractivity contribution in [3.63, 3.8) is 0 Å². The lowest BCUT2D eigenvalue weighted by Gasteiger charge is -2.26. The van der Waals surface area contributed by atoms with Gasteiger partial charge >= 0.3 is 6.03 Å². The number of rotatable bonds is 3. The van der Waals surface area contributed by atoms with Crippen molar-refractivity contribution in [2.45, 2.75) is 39.1 Å². The van der Waals surface area contributed by atoms with Crippen LogP contribution >= 0.6 is 12.6 Å². The van der Waals surface area contributed by atoms with Crippen LogP contribution in [0.1, 0.15) is 27.7 Å². The summed E-state index contributed by atoms with van der Waals surface area (Å²) in [7, 11) is 0. The number of thiol groups is 1. The molecule has 0 aliphatic carbocycles. The zero-order valence-electron chi connectivity index (χ0n) is 8.16. The Morgan fingerprint density at radius 1 is 1.50 bits per heavy atom. The van der Waals surface area contributed by atoms with Gasteiger partial charge in [0.2, 0.25) is 0 Å². The highest BCUT2D eigenvalue weighted by atomic mass is 32.1. The standard InChI is InChI=1S/C8H18N2OS/c1-5-10(6(2)3)8(11)9-7(4)12/h6-7,12H,5H2,1-4H3,(H,9,11). The van der Waals surface area contributed by atoms with Gasteiger partial charge in [-0.25, -0.2) is 4.79 Å². The first-order chi connectivity index (χ1) is 5.49. The maximum absolute atomic E-state index is 11.4. The maximum Gasteiger partial charge on any atom is 0.318 e. The number of nitrogens with zero attached hydrogens (tertiary/aromatic N) is 1. The Labute approximate surface area is 79.9 Å². The second kappa shape index (κ2) is 5.30. The molecular formula is C8H18N2OS. The van der Waals surface area contributed by atoms with E-state index in [9.17, 15) is 4.79 Å². The number of urea groups is 1. The number of hydrogen-bond donors (Lipinski definition) is 2. The van der Waals surface area contributed by atoms with E-state index in [1.54, 1.807) is 4.90 Å². The van der Waals surface area contributed by atoms with Gasteiger partial charge in [0.25, 0.3) is 0 Å². The van der Waals surface area contributed by atoms with Crippen molar-refractivity contribution in [1.82, 2.24) is 10.2 Å². The van der Waals surface area contributed by atoms with Gasteiger partial charge in [-0.1, -0.05) is 0 Å². The monoisotopic (exact) mass is 190 g/mol. The molecule has 0 rings (SSSR count). The third kappa shape index (κ3) is 3.85. The Morgan fingerprint density at radius 2 is 2.00 bits per heavy atom. The van der Waals surface area contributed by atoms with Crippen molar-refractivity contribution >= 4 is 18.7 Å². The average Bonchev–Trinajstić information content (AvgIpc) is 1.85. The predicted molar refractivity (Wildman–Crippen MR) is 54.5 cm³/mol. The molecule has 0 aromatic heterocycles. The van der Waals surface area contributed by atoms with Crippen LogP contribution in [0.25, 0.3) is 0 Å². The van der Waals surface area contributed by atoms with Gasteiger partial charge in [-0.15, -0.1) is 0 Å². The summed E-state index contributed by atoms with van der Waals surface area (Å²) in [5, 5.41) is 2.63. The van der Waals surface area contributed by atoms with Gasteiger partial charge in [-0.3, -0.25) is 0 Å². The van der Waals surface area contributed by atoms with Crippen molar-refractivity contribution in [3.05, 3.63) is 0 Å². The first kappa shape index (κ1) is 11.6. The van der Waals surface area contributed by atoms with Crippen molar-refractivity contribution in [1.29, 1.82) is 0 Å². The Hall–Kier alpha value is -0.380. The van der Waals surface area contributed by atoms with E-state index in [4.69, 9.17) is 0 Å². The van der Waals surface area contributed by atoms with Crippen molar-refractivity contribution in [3.8, 4) is 0 Å². The summed E-state index contributed by atoms with van der Waals surface area (Å²) in [6, 6.07) is 0.192. The first-order valence-corrected chi connectivity index (χ1v) is 4.75. The summed E-state index contributed by atoms with van der Waals surface area (Å²) in [6.07, 6.45) is 0. The van der Waals surface area contributed by atoms with Crippen molar-refractivity contribution < 1.29 is 4.79 Å². The Kier molecular flexibility index (Phi) is 5.13. The van der Waals surface area contributed by atoms with Crippen LogP contribution in [0.3, 0.4) is 0 Å². The minimum absolute atomic E-state index is 0.0463. The van der Waals surface area contributed by atoms with Crippen LogP contribution in [0.15, 0.2) is 0 Å². The summed E-state index contributed by atoms with van der Waals surface area (Å²) < 4.78 is 0. The molecule has 0 heterocycles. The van der Waals surface area contributed by atoms with Crippen LogP contribution in [-0.2, 0) is 0 Å². The normalized spacial score (nSPS) is 12.8. The van der Waals surface area contributed by atoms with E-state index in [0.29, 0.717) is 0 Å². The molecule has 1 unspecified atom stereocenters. The second-order valence-corrected chi connectivity index (χ2v) is 3.78. The van der Waals surface area contributed by atoms with Gasteiger partial charge < -0.3 is 10.2 Å². The molecule has 1 N–H and O–H groups in total. The molecule has 1 atom stereocenters. The number of carbonyl (C=O) groups is 1. The van der Waals surface area contributed by atoms with Gasteiger partial charge in [0.15, 0.2) is 0 Å². The minimum atomic E-state index is -0.0923. The lowest BCUT2D eigenvalue weighted by Crippen LogP contribution is -2.45.